The SMILES string of the molecule is O=C(O)CCCCc1cc2c(cc1Br)OCCCO2. The zero-order valence-electron chi connectivity index (χ0n) is 10.7. The molecule has 104 valence electrons. The fourth-order valence-corrected chi connectivity index (χ4v) is 2.53. The fraction of sp³-hybridized carbons (Fsp3) is 0.500. The van der Waals surface area contributed by atoms with Crippen LogP contribution in [0.1, 0.15) is 31.2 Å². The third-order valence-electron chi connectivity index (χ3n) is 3.00. The predicted octanol–water partition coefficient (Wildman–Crippen LogP) is 3.41. The normalized spacial score (nSPS) is 13.9. The van der Waals surface area contributed by atoms with E-state index in [-0.39, 0.29) is 6.42 Å². The number of fused-ring (bicyclic) bond motifs is 1. The summed E-state index contributed by atoms with van der Waals surface area (Å²) in [4.78, 5) is 10.5. The van der Waals surface area contributed by atoms with E-state index in [1.807, 2.05) is 12.1 Å². The minimum Gasteiger partial charge on any atom is -0.490 e. The maximum absolute atomic E-state index is 10.5. The van der Waals surface area contributed by atoms with E-state index in [9.17, 15) is 4.79 Å². The van der Waals surface area contributed by atoms with Gasteiger partial charge in [0.2, 0.25) is 0 Å². The highest BCUT2D eigenvalue weighted by Crippen LogP contribution is 2.35. The molecule has 1 aromatic carbocycles. The van der Waals surface area contributed by atoms with Crippen molar-refractivity contribution >= 4 is 21.9 Å². The average molecular weight is 329 g/mol. The van der Waals surface area contributed by atoms with Crippen LogP contribution < -0.4 is 9.47 Å². The number of rotatable bonds is 5. The van der Waals surface area contributed by atoms with Crippen LogP contribution in [0.15, 0.2) is 16.6 Å². The molecule has 1 N–H and O–H groups in total. The van der Waals surface area contributed by atoms with Gasteiger partial charge in [-0.25, -0.2) is 0 Å². The molecule has 0 unspecified atom stereocenters. The van der Waals surface area contributed by atoms with Crippen molar-refractivity contribution in [3.63, 3.8) is 0 Å². The lowest BCUT2D eigenvalue weighted by Crippen LogP contribution is -1.97. The topological polar surface area (TPSA) is 55.8 Å². The summed E-state index contributed by atoms with van der Waals surface area (Å²) in [7, 11) is 0. The molecule has 0 bridgehead atoms. The first kappa shape index (κ1) is 14.2. The average Bonchev–Trinajstić information content (AvgIpc) is 2.59. The molecule has 0 atom stereocenters. The molecule has 0 radical (unpaired) electrons. The Labute approximate surface area is 120 Å². The van der Waals surface area contributed by atoms with E-state index in [0.717, 1.165) is 40.8 Å². The number of halogens is 1. The number of benzene rings is 1. The van der Waals surface area contributed by atoms with Gasteiger partial charge in [-0.15, -0.1) is 0 Å². The second-order valence-electron chi connectivity index (χ2n) is 4.54. The molecule has 4 nitrogen and oxygen atoms in total. The van der Waals surface area contributed by atoms with E-state index in [1.165, 1.54) is 0 Å². The molecule has 0 amide bonds. The molecule has 1 heterocycles. The van der Waals surface area contributed by atoms with Gasteiger partial charge in [-0.1, -0.05) is 15.9 Å². The van der Waals surface area contributed by atoms with Crippen molar-refractivity contribution in [2.24, 2.45) is 0 Å². The van der Waals surface area contributed by atoms with Gasteiger partial charge in [-0.3, -0.25) is 4.79 Å². The van der Waals surface area contributed by atoms with Crippen LogP contribution >= 0.6 is 15.9 Å². The molecule has 0 fully saturated rings. The summed E-state index contributed by atoms with van der Waals surface area (Å²) in [6, 6.07) is 3.93. The summed E-state index contributed by atoms with van der Waals surface area (Å²) in [5.41, 5.74) is 1.13. The number of hydrogen-bond acceptors (Lipinski definition) is 3. The van der Waals surface area contributed by atoms with Crippen LogP contribution in [0.25, 0.3) is 0 Å². The van der Waals surface area contributed by atoms with Gasteiger partial charge < -0.3 is 14.6 Å². The number of aliphatic carboxylic acids is 1. The van der Waals surface area contributed by atoms with Crippen LogP contribution in [0, 0.1) is 0 Å². The Morgan fingerprint density at radius 3 is 2.58 bits per heavy atom. The Balaban J connectivity index is 2.00. The van der Waals surface area contributed by atoms with Crippen molar-refractivity contribution in [2.45, 2.75) is 32.1 Å². The summed E-state index contributed by atoms with van der Waals surface area (Å²) < 4.78 is 12.2. The lowest BCUT2D eigenvalue weighted by molar-refractivity contribution is -0.137. The van der Waals surface area contributed by atoms with E-state index in [4.69, 9.17) is 14.6 Å². The molecule has 0 saturated heterocycles. The van der Waals surface area contributed by atoms with Crippen molar-refractivity contribution in [3.05, 3.63) is 22.2 Å². The van der Waals surface area contributed by atoms with E-state index >= 15 is 0 Å². The number of carboxylic acid groups (broad SMARTS) is 1. The Morgan fingerprint density at radius 1 is 1.21 bits per heavy atom. The largest absolute Gasteiger partial charge is 0.490 e. The lowest BCUT2D eigenvalue weighted by atomic mass is 10.1. The molecule has 0 saturated carbocycles. The first-order chi connectivity index (χ1) is 9.16. The molecular formula is C14H17BrO4. The van der Waals surface area contributed by atoms with Crippen LogP contribution in [0.3, 0.4) is 0 Å². The number of carboxylic acids is 1. The Hall–Kier alpha value is -1.23. The predicted molar refractivity (Wildman–Crippen MR) is 74.9 cm³/mol. The monoisotopic (exact) mass is 328 g/mol. The second-order valence-corrected chi connectivity index (χ2v) is 5.40. The third kappa shape index (κ3) is 4.13. The molecule has 19 heavy (non-hydrogen) atoms. The molecule has 1 aliphatic rings. The molecule has 1 aromatic rings. The van der Waals surface area contributed by atoms with Gasteiger partial charge in [-0.2, -0.15) is 0 Å². The van der Waals surface area contributed by atoms with E-state index < -0.39 is 5.97 Å². The van der Waals surface area contributed by atoms with Crippen LogP contribution in [-0.2, 0) is 11.2 Å². The highest BCUT2D eigenvalue weighted by atomic mass is 79.9. The Bertz CT molecular complexity index is 459. The van der Waals surface area contributed by atoms with Gasteiger partial charge in [0.1, 0.15) is 0 Å². The standard InChI is InChI=1S/C14H17BrO4/c15-11-9-13-12(18-6-3-7-19-13)8-10(11)4-1-2-5-14(16)17/h8-9H,1-7H2,(H,16,17). The summed E-state index contributed by atoms with van der Waals surface area (Å²) in [6.45, 7) is 1.35. The molecule has 0 aromatic heterocycles. The maximum Gasteiger partial charge on any atom is 0.303 e. The number of unbranched alkanes of at least 4 members (excludes halogenated alkanes) is 1. The zero-order chi connectivity index (χ0) is 13.7. The number of carbonyl (C=O) groups is 1. The van der Waals surface area contributed by atoms with Gasteiger partial charge in [-0.05, 0) is 37.0 Å². The Morgan fingerprint density at radius 2 is 1.89 bits per heavy atom. The van der Waals surface area contributed by atoms with Crippen LogP contribution in [0.2, 0.25) is 0 Å². The number of ether oxygens (including phenoxy) is 2. The summed E-state index contributed by atoms with van der Waals surface area (Å²) >= 11 is 3.53. The fourth-order valence-electron chi connectivity index (χ4n) is 2.01. The van der Waals surface area contributed by atoms with E-state index in [1.54, 1.807) is 0 Å². The second kappa shape index (κ2) is 6.80. The third-order valence-corrected chi connectivity index (χ3v) is 3.74. The molecule has 5 heteroatoms. The molecule has 2 rings (SSSR count). The highest BCUT2D eigenvalue weighted by molar-refractivity contribution is 9.10. The van der Waals surface area contributed by atoms with Gasteiger partial charge >= 0.3 is 5.97 Å². The highest BCUT2D eigenvalue weighted by Gasteiger charge is 2.13. The minimum atomic E-state index is -0.738. The smallest absolute Gasteiger partial charge is 0.303 e. The molecule has 0 aliphatic carbocycles. The van der Waals surface area contributed by atoms with E-state index in [2.05, 4.69) is 15.9 Å². The van der Waals surface area contributed by atoms with Crippen molar-refractivity contribution in [2.75, 3.05) is 13.2 Å². The van der Waals surface area contributed by atoms with Crippen molar-refractivity contribution < 1.29 is 19.4 Å². The van der Waals surface area contributed by atoms with E-state index in [0.29, 0.717) is 19.6 Å². The molecular weight excluding hydrogens is 312 g/mol. The van der Waals surface area contributed by atoms with Gasteiger partial charge in [0.05, 0.1) is 13.2 Å². The van der Waals surface area contributed by atoms with Crippen molar-refractivity contribution in [1.82, 2.24) is 0 Å². The van der Waals surface area contributed by atoms with Gasteiger partial charge in [0.25, 0.3) is 0 Å². The van der Waals surface area contributed by atoms with Crippen molar-refractivity contribution in [1.29, 1.82) is 0 Å². The number of aryl methyl sites for hydroxylation is 1. The van der Waals surface area contributed by atoms with Crippen LogP contribution in [0.5, 0.6) is 11.5 Å². The summed E-state index contributed by atoms with van der Waals surface area (Å²) in [5.74, 6) is 0.824. The van der Waals surface area contributed by atoms with Crippen molar-refractivity contribution in [3.8, 4) is 11.5 Å². The minimum absolute atomic E-state index is 0.224. The number of hydrogen-bond donors (Lipinski definition) is 1. The first-order valence-electron chi connectivity index (χ1n) is 6.46. The Kier molecular flexibility index (Phi) is 5.07. The summed E-state index contributed by atoms with van der Waals surface area (Å²) in [6.07, 6.45) is 3.49. The lowest BCUT2D eigenvalue weighted by Gasteiger charge is -2.11. The van der Waals surface area contributed by atoms with Gasteiger partial charge in [0.15, 0.2) is 11.5 Å². The zero-order valence-corrected chi connectivity index (χ0v) is 12.2. The first-order valence-corrected chi connectivity index (χ1v) is 7.26. The maximum atomic E-state index is 10.5. The van der Waals surface area contributed by atoms with Crippen LogP contribution in [0.4, 0.5) is 0 Å². The molecule has 1 aliphatic heterocycles. The van der Waals surface area contributed by atoms with Crippen LogP contribution in [-0.4, -0.2) is 24.3 Å². The van der Waals surface area contributed by atoms with Gasteiger partial charge in [0, 0.05) is 17.3 Å². The molecule has 0 spiro atoms. The quantitative estimate of drug-likeness (QED) is 0.841. The summed E-state index contributed by atoms with van der Waals surface area (Å²) in [5, 5.41) is 8.61.